The van der Waals surface area contributed by atoms with Gasteiger partial charge in [-0.15, -0.1) is 0 Å². The molecule has 1 aliphatic carbocycles. The maximum Gasteiger partial charge on any atom is 0.138 e. The highest BCUT2D eigenvalue weighted by molar-refractivity contribution is 5.85. The molecule has 3 aromatic rings. The van der Waals surface area contributed by atoms with Crippen molar-refractivity contribution in [2.75, 3.05) is 24.6 Å². The Bertz CT molecular complexity index is 1160. The fraction of sp³-hybridized carbons (Fsp3) is 0.480. The van der Waals surface area contributed by atoms with Gasteiger partial charge in [0.05, 0.1) is 29.1 Å². The number of rotatable bonds is 5. The minimum atomic E-state index is -0.952. The molecule has 166 valence electrons. The molecule has 1 aliphatic heterocycles. The summed E-state index contributed by atoms with van der Waals surface area (Å²) in [5.41, 5.74) is 2.00. The highest BCUT2D eigenvalue weighted by Gasteiger charge is 2.39. The molecule has 0 radical (unpaired) electrons. The summed E-state index contributed by atoms with van der Waals surface area (Å²) in [4.78, 5) is 7.18. The monoisotopic (exact) mass is 431 g/mol. The van der Waals surface area contributed by atoms with Gasteiger partial charge in [-0.25, -0.2) is 9.50 Å². The van der Waals surface area contributed by atoms with Crippen LogP contribution in [0.15, 0.2) is 36.8 Å². The molecule has 1 N–H and O–H groups in total. The lowest BCUT2D eigenvalue weighted by molar-refractivity contribution is 0.0283. The zero-order chi connectivity index (χ0) is 22.5. The van der Waals surface area contributed by atoms with Crippen LogP contribution in [-0.2, 0) is 0 Å². The number of fused-ring (bicyclic) bond motifs is 2. The Morgan fingerprint density at radius 3 is 2.59 bits per heavy atom. The molecule has 2 aliphatic rings. The van der Waals surface area contributed by atoms with E-state index in [1.165, 1.54) is 12.8 Å². The van der Waals surface area contributed by atoms with E-state index in [1.807, 2.05) is 12.3 Å². The van der Waals surface area contributed by atoms with Crippen LogP contribution in [-0.4, -0.2) is 45.0 Å². The maximum absolute atomic E-state index is 10.0. The molecule has 0 bridgehead atoms. The molecule has 32 heavy (non-hydrogen) atoms. The molecule has 1 saturated carbocycles. The molecule has 0 unspecified atom stereocenters. The van der Waals surface area contributed by atoms with Gasteiger partial charge >= 0.3 is 0 Å². The third-order valence-electron chi connectivity index (χ3n) is 6.67. The van der Waals surface area contributed by atoms with E-state index in [9.17, 15) is 10.4 Å². The predicted octanol–water partition coefficient (Wildman–Crippen LogP) is 3.90. The van der Waals surface area contributed by atoms with Crippen LogP contribution in [0.2, 0.25) is 0 Å². The highest BCUT2D eigenvalue weighted by Crippen LogP contribution is 2.42. The average molecular weight is 432 g/mol. The molecule has 7 heteroatoms. The first-order valence-electron chi connectivity index (χ1n) is 11.3. The topological polar surface area (TPSA) is 86.7 Å². The molecular weight excluding hydrogens is 402 g/mol. The van der Waals surface area contributed by atoms with Crippen LogP contribution in [0.5, 0.6) is 5.75 Å². The molecule has 0 aromatic carbocycles. The standard InChI is InChI=1S/C25H29N5O2/c1-16-6-18-12-29(13-19(18)7-16)23-5-4-17(10-27-23)22-8-21(32-15-25(2,3)31)14-30-24(22)20(9-26)11-28-30/h4-5,8,10-11,14,16,18-19,31H,6-7,12-13,15H2,1-3H3/t16-,18-,19+. The molecule has 3 atom stereocenters. The fourth-order valence-corrected chi connectivity index (χ4v) is 5.26. The summed E-state index contributed by atoms with van der Waals surface area (Å²) in [5.74, 6) is 4.02. The molecule has 3 aromatic heterocycles. The van der Waals surface area contributed by atoms with Crippen LogP contribution in [0.4, 0.5) is 5.82 Å². The highest BCUT2D eigenvalue weighted by atomic mass is 16.5. The average Bonchev–Trinajstić information content (AvgIpc) is 3.43. The third kappa shape index (κ3) is 3.91. The summed E-state index contributed by atoms with van der Waals surface area (Å²) >= 11 is 0. The van der Waals surface area contributed by atoms with E-state index < -0.39 is 5.60 Å². The van der Waals surface area contributed by atoms with E-state index in [2.05, 4.69) is 35.1 Å². The predicted molar refractivity (Wildman–Crippen MR) is 123 cm³/mol. The molecule has 2 fully saturated rings. The second-order valence-electron chi connectivity index (χ2n) is 10.1. The molecule has 5 rings (SSSR count). The Labute approximate surface area is 188 Å². The van der Waals surface area contributed by atoms with Crippen molar-refractivity contribution in [2.45, 2.75) is 39.2 Å². The van der Waals surface area contributed by atoms with Gasteiger partial charge in [-0.3, -0.25) is 0 Å². The molecule has 0 amide bonds. The first kappa shape index (κ1) is 20.8. The Morgan fingerprint density at radius 2 is 1.97 bits per heavy atom. The lowest BCUT2D eigenvalue weighted by Gasteiger charge is -2.20. The first-order chi connectivity index (χ1) is 15.3. The van der Waals surface area contributed by atoms with Crippen molar-refractivity contribution < 1.29 is 9.84 Å². The van der Waals surface area contributed by atoms with Crippen molar-refractivity contribution in [3.63, 3.8) is 0 Å². The van der Waals surface area contributed by atoms with E-state index in [1.54, 1.807) is 30.8 Å². The number of ether oxygens (including phenoxy) is 1. The van der Waals surface area contributed by atoms with Crippen LogP contribution in [0.3, 0.4) is 0 Å². The molecule has 1 saturated heterocycles. The van der Waals surface area contributed by atoms with Crippen LogP contribution >= 0.6 is 0 Å². The minimum Gasteiger partial charge on any atom is -0.489 e. The van der Waals surface area contributed by atoms with E-state index in [-0.39, 0.29) is 6.61 Å². The number of nitrogens with zero attached hydrogens (tertiary/aromatic N) is 5. The summed E-state index contributed by atoms with van der Waals surface area (Å²) < 4.78 is 7.47. The lowest BCUT2D eigenvalue weighted by Crippen LogP contribution is -2.27. The molecule has 4 heterocycles. The van der Waals surface area contributed by atoms with Crippen molar-refractivity contribution in [1.82, 2.24) is 14.6 Å². The van der Waals surface area contributed by atoms with Gasteiger partial charge in [-0.2, -0.15) is 10.4 Å². The van der Waals surface area contributed by atoms with Gasteiger partial charge in [0.15, 0.2) is 0 Å². The lowest BCUT2D eigenvalue weighted by atomic mass is 10.0. The first-order valence-corrected chi connectivity index (χ1v) is 11.3. The summed E-state index contributed by atoms with van der Waals surface area (Å²) in [5, 5.41) is 23.9. The summed E-state index contributed by atoms with van der Waals surface area (Å²) in [6.45, 7) is 8.09. The molecule has 7 nitrogen and oxygen atoms in total. The van der Waals surface area contributed by atoms with Crippen LogP contribution in [0.25, 0.3) is 16.6 Å². The normalized spacial score (nSPS) is 22.8. The number of aliphatic hydroxyl groups is 1. The number of hydrogen-bond donors (Lipinski definition) is 1. The van der Waals surface area contributed by atoms with E-state index in [4.69, 9.17) is 9.72 Å². The van der Waals surface area contributed by atoms with Crippen molar-refractivity contribution in [3.8, 4) is 22.9 Å². The zero-order valence-electron chi connectivity index (χ0n) is 18.8. The van der Waals surface area contributed by atoms with E-state index in [0.717, 1.165) is 53.3 Å². The SMILES string of the molecule is C[C@@H]1C[C@@H]2CN(c3ccc(-c4cc(OCC(C)(C)O)cn5ncc(C#N)c45)cn3)C[C@@H]2C1. The Kier molecular flexibility index (Phi) is 5.06. The van der Waals surface area contributed by atoms with Crippen molar-refractivity contribution in [2.24, 2.45) is 17.8 Å². The second kappa shape index (κ2) is 7.79. The summed E-state index contributed by atoms with van der Waals surface area (Å²) in [7, 11) is 0. The van der Waals surface area contributed by atoms with Gasteiger partial charge in [-0.05, 0) is 62.6 Å². The largest absolute Gasteiger partial charge is 0.489 e. The number of anilines is 1. The Hall–Kier alpha value is -3.11. The smallest absolute Gasteiger partial charge is 0.138 e. The van der Waals surface area contributed by atoms with Gasteiger partial charge in [0, 0.05) is 30.4 Å². The van der Waals surface area contributed by atoms with Gasteiger partial charge < -0.3 is 14.7 Å². The van der Waals surface area contributed by atoms with Gasteiger partial charge in [-0.1, -0.05) is 6.92 Å². The van der Waals surface area contributed by atoms with Crippen LogP contribution < -0.4 is 9.64 Å². The quantitative estimate of drug-likeness (QED) is 0.659. The fourth-order valence-electron chi connectivity index (χ4n) is 5.26. The number of aromatic nitrogens is 3. The Morgan fingerprint density at radius 1 is 1.22 bits per heavy atom. The minimum absolute atomic E-state index is 0.150. The zero-order valence-corrected chi connectivity index (χ0v) is 18.8. The molecular formula is C25H29N5O2. The third-order valence-corrected chi connectivity index (χ3v) is 6.67. The second-order valence-corrected chi connectivity index (χ2v) is 10.1. The number of hydrogen-bond acceptors (Lipinski definition) is 6. The maximum atomic E-state index is 10.0. The number of pyridine rings is 2. The van der Waals surface area contributed by atoms with Crippen molar-refractivity contribution in [3.05, 3.63) is 42.4 Å². The van der Waals surface area contributed by atoms with Crippen molar-refractivity contribution >= 4 is 11.3 Å². The number of nitriles is 1. The van der Waals surface area contributed by atoms with Crippen LogP contribution in [0, 0.1) is 29.1 Å². The molecule has 0 spiro atoms. The summed E-state index contributed by atoms with van der Waals surface area (Å²) in [6, 6.07) is 8.25. The van der Waals surface area contributed by atoms with E-state index in [0.29, 0.717) is 11.3 Å². The van der Waals surface area contributed by atoms with Crippen molar-refractivity contribution in [1.29, 1.82) is 5.26 Å². The van der Waals surface area contributed by atoms with E-state index >= 15 is 0 Å². The van der Waals surface area contributed by atoms with Gasteiger partial charge in [0.2, 0.25) is 0 Å². The van der Waals surface area contributed by atoms with Crippen LogP contribution in [0.1, 0.15) is 39.2 Å². The Balaban J connectivity index is 1.45. The summed E-state index contributed by atoms with van der Waals surface area (Å²) in [6.07, 6.45) is 7.82. The van der Waals surface area contributed by atoms with Gasteiger partial charge in [0.25, 0.3) is 0 Å². The van der Waals surface area contributed by atoms with Gasteiger partial charge in [0.1, 0.15) is 24.2 Å².